The Kier molecular flexibility index (Phi) is 9.13. The Morgan fingerprint density at radius 3 is 1.96 bits per heavy atom. The molecule has 0 fully saturated rings. The van der Waals surface area contributed by atoms with Gasteiger partial charge in [0.15, 0.2) is 0 Å². The molecule has 0 aliphatic rings. The number of hydrogen-bond acceptors (Lipinski definition) is 4. The summed E-state index contributed by atoms with van der Waals surface area (Å²) in [6.45, 7) is 20.2. The zero-order valence-electron chi connectivity index (χ0n) is 30.3. The molecular weight excluding hydrogens is 601 g/mol. The lowest BCUT2D eigenvalue weighted by Gasteiger charge is -2.31. The van der Waals surface area contributed by atoms with Gasteiger partial charge in [0.25, 0.3) is 0 Å². The number of hydrogen-bond donors (Lipinski definition) is 2. The molecule has 0 unspecified atom stereocenters. The predicted octanol–water partition coefficient (Wildman–Crippen LogP) is 12.3. The fraction of sp³-hybridized carbons (Fsp3) is 0.250. The average molecular weight is 649 g/mol. The van der Waals surface area contributed by atoms with Gasteiger partial charge in [-0.3, -0.25) is 0 Å². The van der Waals surface area contributed by atoms with Crippen molar-refractivity contribution in [2.24, 2.45) is 0 Å². The van der Waals surface area contributed by atoms with Crippen molar-refractivity contribution in [2.45, 2.75) is 73.1 Å². The first-order valence-electron chi connectivity index (χ1n) is 17.0. The quantitative estimate of drug-likeness (QED) is 0.172. The Hall–Kier alpha value is -5.29. The molecule has 5 nitrogen and oxygen atoms in total. The van der Waals surface area contributed by atoms with E-state index in [9.17, 15) is 0 Å². The van der Waals surface area contributed by atoms with E-state index in [4.69, 9.17) is 4.74 Å². The first-order chi connectivity index (χ1) is 23.2. The number of nitrogens with one attached hydrogen (secondary N) is 2. The van der Waals surface area contributed by atoms with Gasteiger partial charge in [0, 0.05) is 35.3 Å². The first-order valence-corrected chi connectivity index (χ1v) is 17.0. The Balaban J connectivity index is 1.33. The zero-order chi connectivity index (χ0) is 34.9. The smallest absolute Gasteiger partial charge is 0.129 e. The predicted molar refractivity (Wildman–Crippen MR) is 207 cm³/mol. The van der Waals surface area contributed by atoms with Gasteiger partial charge in [-0.15, -0.1) is 0 Å². The number of aryl methyl sites for hydroxylation is 3. The summed E-state index contributed by atoms with van der Waals surface area (Å²) in [6.07, 6.45) is 3.93. The summed E-state index contributed by atoms with van der Waals surface area (Å²) in [5, 5.41) is 12.3. The Labute approximate surface area is 292 Å². The van der Waals surface area contributed by atoms with E-state index in [-0.39, 0.29) is 10.8 Å². The van der Waals surface area contributed by atoms with Crippen LogP contribution in [0, 0.1) is 20.8 Å². The summed E-state index contributed by atoms with van der Waals surface area (Å²) in [4.78, 5) is 0. The van der Waals surface area contributed by atoms with Crippen molar-refractivity contribution < 1.29 is 4.74 Å². The highest BCUT2D eigenvalue weighted by Gasteiger charge is 2.26. The number of aromatic nitrogens is 2. The highest BCUT2D eigenvalue weighted by Crippen LogP contribution is 2.43. The second kappa shape index (κ2) is 13.3. The molecule has 0 radical (unpaired) electrons. The van der Waals surface area contributed by atoms with Crippen LogP contribution in [0.4, 0.5) is 22.7 Å². The molecule has 0 bridgehead atoms. The summed E-state index contributed by atoms with van der Waals surface area (Å²) in [5.74, 6) is 1.49. The molecule has 5 aromatic carbocycles. The van der Waals surface area contributed by atoms with Crippen LogP contribution in [0.5, 0.6) is 11.5 Å². The van der Waals surface area contributed by atoms with Crippen molar-refractivity contribution in [1.29, 1.82) is 0 Å². The van der Waals surface area contributed by atoms with Crippen molar-refractivity contribution in [3.05, 3.63) is 143 Å². The lowest BCUT2D eigenvalue weighted by atomic mass is 9.79. The van der Waals surface area contributed by atoms with Gasteiger partial charge in [-0.05, 0) is 89.8 Å². The third kappa shape index (κ3) is 7.73. The van der Waals surface area contributed by atoms with E-state index in [0.29, 0.717) is 0 Å². The van der Waals surface area contributed by atoms with Gasteiger partial charge in [-0.25, -0.2) is 4.68 Å². The van der Waals surface area contributed by atoms with Crippen LogP contribution in [0.25, 0.3) is 16.8 Å². The fourth-order valence-corrected chi connectivity index (χ4v) is 6.26. The van der Waals surface area contributed by atoms with E-state index in [1.54, 1.807) is 0 Å². The van der Waals surface area contributed by atoms with Crippen LogP contribution < -0.4 is 15.4 Å². The minimum Gasteiger partial charge on any atom is -0.457 e. The summed E-state index contributed by atoms with van der Waals surface area (Å²) >= 11 is 0. The van der Waals surface area contributed by atoms with Crippen molar-refractivity contribution in [2.75, 3.05) is 10.6 Å². The van der Waals surface area contributed by atoms with Gasteiger partial charge in [0.2, 0.25) is 0 Å². The molecule has 5 heteroatoms. The highest BCUT2D eigenvalue weighted by atomic mass is 16.5. The Morgan fingerprint density at radius 2 is 1.29 bits per heavy atom. The van der Waals surface area contributed by atoms with Crippen LogP contribution in [-0.2, 0) is 10.8 Å². The molecule has 250 valence electrons. The van der Waals surface area contributed by atoms with Gasteiger partial charge < -0.3 is 15.4 Å². The number of nitrogens with zero attached hydrogens (tertiary/aromatic N) is 2. The van der Waals surface area contributed by atoms with Crippen LogP contribution in [0.3, 0.4) is 0 Å². The topological polar surface area (TPSA) is 51.1 Å². The molecule has 0 aliphatic carbocycles. The Bertz CT molecular complexity index is 2070. The van der Waals surface area contributed by atoms with Crippen LogP contribution in [0.1, 0.15) is 69.4 Å². The molecule has 6 rings (SSSR count). The maximum absolute atomic E-state index is 6.44. The third-order valence-electron chi connectivity index (χ3n) is 8.86. The summed E-state index contributed by atoms with van der Waals surface area (Å²) in [6, 6.07) is 35.6. The molecule has 0 atom stereocenters. The first kappa shape index (κ1) is 33.6. The van der Waals surface area contributed by atoms with E-state index >= 15 is 0 Å². The van der Waals surface area contributed by atoms with Gasteiger partial charge in [-0.1, -0.05) is 108 Å². The molecule has 1 aromatic heterocycles. The number of rotatable bonds is 8. The average Bonchev–Trinajstić information content (AvgIpc) is 3.54. The summed E-state index contributed by atoms with van der Waals surface area (Å²) in [5.41, 5.74) is 13.5. The number of ether oxygens (including phenoxy) is 1. The van der Waals surface area contributed by atoms with E-state index in [0.717, 1.165) is 51.1 Å². The van der Waals surface area contributed by atoms with Crippen molar-refractivity contribution in [3.8, 4) is 28.3 Å². The van der Waals surface area contributed by atoms with E-state index in [2.05, 4.69) is 127 Å². The molecular formula is C44H48N4O. The third-order valence-corrected chi connectivity index (χ3v) is 8.86. The minimum absolute atomic E-state index is 0.0199. The largest absolute Gasteiger partial charge is 0.457 e. The number of benzene rings is 5. The maximum atomic E-state index is 6.44. The van der Waals surface area contributed by atoms with Crippen LogP contribution in [0.2, 0.25) is 0 Å². The van der Waals surface area contributed by atoms with Crippen LogP contribution in [-0.4, -0.2) is 9.78 Å². The van der Waals surface area contributed by atoms with Gasteiger partial charge in [0.1, 0.15) is 11.5 Å². The van der Waals surface area contributed by atoms with Gasteiger partial charge in [-0.2, -0.15) is 5.10 Å². The zero-order valence-corrected chi connectivity index (χ0v) is 30.3. The molecule has 6 aromatic rings. The van der Waals surface area contributed by atoms with E-state index < -0.39 is 0 Å². The minimum atomic E-state index is -0.112. The molecule has 1 heterocycles. The van der Waals surface area contributed by atoms with Crippen LogP contribution in [0.15, 0.2) is 116 Å². The van der Waals surface area contributed by atoms with Crippen LogP contribution >= 0.6 is 0 Å². The lowest BCUT2D eigenvalue weighted by Crippen LogP contribution is -2.19. The fourth-order valence-electron chi connectivity index (χ4n) is 6.26. The number of anilines is 4. The molecule has 0 amide bonds. The molecule has 0 saturated heterocycles. The van der Waals surface area contributed by atoms with Crippen molar-refractivity contribution in [3.63, 3.8) is 0 Å². The molecule has 0 aliphatic heterocycles. The molecule has 0 saturated carbocycles. The van der Waals surface area contributed by atoms with E-state index in [1.165, 1.54) is 27.8 Å². The molecule has 49 heavy (non-hydrogen) atoms. The van der Waals surface area contributed by atoms with Crippen molar-refractivity contribution in [1.82, 2.24) is 9.78 Å². The second-order valence-electron chi connectivity index (χ2n) is 15.1. The normalized spacial score (nSPS) is 11.8. The SMILES string of the molecule is Cc1cc(C)c(Nc2cc(C(C)(C)C)cc(C(C)(C)C)c2Nc2cccc(Oc3cccc(-n4cc(-c5ccccc5)cn4)c3)c2)c(C)c1. The highest BCUT2D eigenvalue weighted by molar-refractivity contribution is 5.84. The van der Waals surface area contributed by atoms with Gasteiger partial charge >= 0.3 is 0 Å². The maximum Gasteiger partial charge on any atom is 0.129 e. The van der Waals surface area contributed by atoms with Crippen molar-refractivity contribution >= 4 is 22.7 Å². The molecule has 0 spiro atoms. The van der Waals surface area contributed by atoms with Gasteiger partial charge in [0.05, 0.1) is 23.3 Å². The summed E-state index contributed by atoms with van der Waals surface area (Å²) in [7, 11) is 0. The van der Waals surface area contributed by atoms with E-state index in [1.807, 2.05) is 71.7 Å². The Morgan fingerprint density at radius 1 is 0.612 bits per heavy atom. The lowest BCUT2D eigenvalue weighted by molar-refractivity contribution is 0.482. The molecule has 2 N–H and O–H groups in total. The monoisotopic (exact) mass is 648 g/mol. The summed E-state index contributed by atoms with van der Waals surface area (Å²) < 4.78 is 8.33. The second-order valence-corrected chi connectivity index (χ2v) is 15.1. The standard InChI is InChI=1S/C44H48N4O/c1-29-21-30(2)41(31(3)22-29)47-40-24-34(43(4,5)6)23-39(44(7,8)9)42(40)46-35-17-13-19-37(25-35)49-38-20-14-18-36(26-38)48-28-33(27-45-48)32-15-11-10-12-16-32/h10-28,46-47H,1-9H3.